The first kappa shape index (κ1) is 20.1. The molecule has 0 bridgehead atoms. The summed E-state index contributed by atoms with van der Waals surface area (Å²) in [5, 5.41) is 0.559. The van der Waals surface area contributed by atoms with E-state index in [1.807, 2.05) is 0 Å². The van der Waals surface area contributed by atoms with E-state index in [1.54, 1.807) is 26.8 Å². The Morgan fingerprint density at radius 1 is 1.07 bits per heavy atom. The SMILES string of the molecule is CN1C(=O)c2cc(-c3cn(C(=O)OC(C)(C)C)c4cc(F)ccc34)ccc2S1(=O)=O. The number of aromatic nitrogens is 1. The summed E-state index contributed by atoms with van der Waals surface area (Å²) in [6.07, 6.45) is 0.821. The topological polar surface area (TPSA) is 85.7 Å². The molecule has 2 aromatic carbocycles. The molecule has 3 aromatic rings. The van der Waals surface area contributed by atoms with E-state index in [1.165, 1.54) is 48.1 Å². The molecule has 156 valence electrons. The number of hydrogen-bond donors (Lipinski definition) is 0. The Morgan fingerprint density at radius 2 is 1.77 bits per heavy atom. The Bertz CT molecular complexity index is 1340. The Labute approximate surface area is 172 Å². The average Bonchev–Trinajstić information content (AvgIpc) is 3.10. The highest BCUT2D eigenvalue weighted by molar-refractivity contribution is 7.90. The van der Waals surface area contributed by atoms with Crippen molar-refractivity contribution in [3.8, 4) is 11.1 Å². The van der Waals surface area contributed by atoms with Crippen LogP contribution in [0.1, 0.15) is 31.1 Å². The van der Waals surface area contributed by atoms with Gasteiger partial charge in [0.2, 0.25) is 0 Å². The summed E-state index contributed by atoms with van der Waals surface area (Å²) < 4.78 is 45.9. The van der Waals surface area contributed by atoms with Crippen molar-refractivity contribution < 1.29 is 27.1 Å². The number of benzene rings is 2. The summed E-state index contributed by atoms with van der Waals surface area (Å²) in [6.45, 7) is 5.17. The second-order valence-corrected chi connectivity index (χ2v) is 9.98. The van der Waals surface area contributed by atoms with Gasteiger partial charge in [0.1, 0.15) is 16.3 Å². The van der Waals surface area contributed by atoms with Crippen molar-refractivity contribution in [3.63, 3.8) is 0 Å². The van der Waals surface area contributed by atoms with Crippen LogP contribution in [-0.2, 0) is 14.8 Å². The van der Waals surface area contributed by atoms with Crippen LogP contribution in [0.5, 0.6) is 0 Å². The van der Waals surface area contributed by atoms with Gasteiger partial charge in [-0.25, -0.2) is 21.9 Å². The van der Waals surface area contributed by atoms with Crippen LogP contribution in [0.15, 0.2) is 47.5 Å². The molecule has 0 atom stereocenters. The van der Waals surface area contributed by atoms with E-state index in [0.29, 0.717) is 26.3 Å². The molecule has 0 spiro atoms. The minimum absolute atomic E-state index is 0.0512. The molecule has 30 heavy (non-hydrogen) atoms. The monoisotopic (exact) mass is 430 g/mol. The molecule has 4 rings (SSSR count). The van der Waals surface area contributed by atoms with Gasteiger partial charge in [0.05, 0.1) is 11.1 Å². The predicted molar refractivity (Wildman–Crippen MR) is 108 cm³/mol. The largest absolute Gasteiger partial charge is 0.443 e. The van der Waals surface area contributed by atoms with Crippen molar-refractivity contribution in [3.05, 3.63) is 54.0 Å². The molecule has 1 aromatic heterocycles. The molecular formula is C21H19FN2O5S. The van der Waals surface area contributed by atoms with Gasteiger partial charge in [-0.3, -0.25) is 9.36 Å². The normalized spacial score (nSPS) is 15.5. The van der Waals surface area contributed by atoms with Gasteiger partial charge >= 0.3 is 6.09 Å². The summed E-state index contributed by atoms with van der Waals surface area (Å²) in [5.74, 6) is -1.15. The molecule has 1 aliphatic rings. The summed E-state index contributed by atoms with van der Waals surface area (Å²) in [6, 6.07) is 8.40. The molecule has 0 saturated carbocycles. The molecule has 2 heterocycles. The number of carbonyl (C=O) groups excluding carboxylic acids is 2. The van der Waals surface area contributed by atoms with Crippen LogP contribution in [0.4, 0.5) is 9.18 Å². The number of amides is 1. The first-order valence-corrected chi connectivity index (χ1v) is 10.6. The Kier molecular flexibility index (Phi) is 4.28. The van der Waals surface area contributed by atoms with Crippen molar-refractivity contribution in [2.75, 3.05) is 7.05 Å². The number of ether oxygens (including phenoxy) is 1. The molecule has 7 nitrogen and oxygen atoms in total. The highest BCUT2D eigenvalue weighted by Gasteiger charge is 2.38. The average molecular weight is 430 g/mol. The fourth-order valence-corrected chi connectivity index (χ4v) is 4.68. The second kappa shape index (κ2) is 6.40. The lowest BCUT2D eigenvalue weighted by Crippen LogP contribution is -2.26. The number of nitrogens with zero attached hydrogens (tertiary/aromatic N) is 2. The van der Waals surface area contributed by atoms with Crippen molar-refractivity contribution in [2.45, 2.75) is 31.3 Å². The number of rotatable bonds is 1. The quantitative estimate of drug-likeness (QED) is 0.582. The maximum absolute atomic E-state index is 13.9. The first-order valence-electron chi connectivity index (χ1n) is 9.12. The zero-order chi connectivity index (χ0) is 22.0. The third-order valence-electron chi connectivity index (χ3n) is 4.80. The molecule has 0 radical (unpaired) electrons. The zero-order valence-corrected chi connectivity index (χ0v) is 17.6. The van der Waals surface area contributed by atoms with Gasteiger partial charge in [-0.05, 0) is 56.7 Å². The van der Waals surface area contributed by atoms with Crippen LogP contribution in [0.3, 0.4) is 0 Å². The second-order valence-electron chi connectivity index (χ2n) is 8.04. The highest BCUT2D eigenvalue weighted by Crippen LogP contribution is 2.36. The fourth-order valence-electron chi connectivity index (χ4n) is 3.41. The van der Waals surface area contributed by atoms with Crippen LogP contribution < -0.4 is 0 Å². The minimum atomic E-state index is -3.85. The van der Waals surface area contributed by atoms with E-state index in [0.717, 1.165) is 0 Å². The fraction of sp³-hybridized carbons (Fsp3) is 0.238. The maximum atomic E-state index is 13.9. The lowest BCUT2D eigenvalue weighted by molar-refractivity contribution is 0.0544. The van der Waals surface area contributed by atoms with E-state index >= 15 is 0 Å². The number of carbonyl (C=O) groups is 2. The molecular weight excluding hydrogens is 411 g/mol. The van der Waals surface area contributed by atoms with Crippen LogP contribution in [0.25, 0.3) is 22.0 Å². The Morgan fingerprint density at radius 3 is 2.43 bits per heavy atom. The van der Waals surface area contributed by atoms with E-state index in [2.05, 4.69) is 0 Å². The van der Waals surface area contributed by atoms with Crippen molar-refractivity contribution in [1.82, 2.24) is 8.87 Å². The highest BCUT2D eigenvalue weighted by atomic mass is 32.2. The standard InChI is InChI=1S/C21H19FN2O5S/c1-21(2,3)29-20(26)24-11-16(14-7-6-13(22)10-17(14)24)12-5-8-18-15(9-12)19(25)23(4)30(18,27)28/h5-11H,1-4H3. The van der Waals surface area contributed by atoms with Gasteiger partial charge in [-0.1, -0.05) is 6.07 Å². The van der Waals surface area contributed by atoms with Gasteiger partial charge in [-0.15, -0.1) is 0 Å². The Hall–Kier alpha value is -3.20. The zero-order valence-electron chi connectivity index (χ0n) is 16.8. The molecule has 0 fully saturated rings. The molecule has 0 aliphatic carbocycles. The van der Waals surface area contributed by atoms with E-state index in [-0.39, 0.29) is 10.5 Å². The molecule has 0 N–H and O–H groups in total. The summed E-state index contributed by atoms with van der Waals surface area (Å²) in [5.41, 5.74) is 0.663. The van der Waals surface area contributed by atoms with Gasteiger partial charge in [-0.2, -0.15) is 0 Å². The number of hydrogen-bond acceptors (Lipinski definition) is 5. The minimum Gasteiger partial charge on any atom is -0.443 e. The third-order valence-corrected chi connectivity index (χ3v) is 6.60. The van der Waals surface area contributed by atoms with E-state index < -0.39 is 33.4 Å². The Balaban J connectivity index is 1.91. The molecule has 9 heteroatoms. The molecule has 1 aliphatic heterocycles. The first-order chi connectivity index (χ1) is 13.9. The third kappa shape index (κ3) is 3.06. The van der Waals surface area contributed by atoms with E-state index in [4.69, 9.17) is 4.74 Å². The summed E-state index contributed by atoms with van der Waals surface area (Å²) in [7, 11) is -2.65. The smallest absolute Gasteiger partial charge is 0.419 e. The number of halogens is 1. The summed E-state index contributed by atoms with van der Waals surface area (Å²) >= 11 is 0. The molecule has 1 amide bonds. The van der Waals surface area contributed by atoms with E-state index in [9.17, 15) is 22.4 Å². The number of sulfonamides is 1. The van der Waals surface area contributed by atoms with Crippen LogP contribution in [0.2, 0.25) is 0 Å². The van der Waals surface area contributed by atoms with Crippen molar-refractivity contribution >= 4 is 32.9 Å². The lowest BCUT2D eigenvalue weighted by Gasteiger charge is -2.19. The maximum Gasteiger partial charge on any atom is 0.419 e. The van der Waals surface area contributed by atoms with Gasteiger partial charge in [0, 0.05) is 24.2 Å². The number of fused-ring (bicyclic) bond motifs is 2. The van der Waals surface area contributed by atoms with Crippen molar-refractivity contribution in [1.29, 1.82) is 0 Å². The lowest BCUT2D eigenvalue weighted by atomic mass is 10.0. The summed E-state index contributed by atoms with van der Waals surface area (Å²) in [4.78, 5) is 25.0. The van der Waals surface area contributed by atoms with Gasteiger partial charge < -0.3 is 4.74 Å². The molecule has 0 saturated heterocycles. The van der Waals surface area contributed by atoms with Crippen LogP contribution >= 0.6 is 0 Å². The van der Waals surface area contributed by atoms with Crippen molar-refractivity contribution in [2.24, 2.45) is 0 Å². The van der Waals surface area contributed by atoms with Crippen LogP contribution in [-0.4, -0.2) is 41.9 Å². The van der Waals surface area contributed by atoms with Crippen LogP contribution in [0, 0.1) is 5.82 Å². The predicted octanol–water partition coefficient (Wildman–Crippen LogP) is 4.00. The molecule has 0 unspecified atom stereocenters. The van der Waals surface area contributed by atoms with Gasteiger partial charge in [0.15, 0.2) is 0 Å². The van der Waals surface area contributed by atoms with Gasteiger partial charge in [0.25, 0.3) is 15.9 Å².